The van der Waals surface area contributed by atoms with E-state index in [0.717, 1.165) is 36.1 Å². The second kappa shape index (κ2) is 7.94. The lowest BCUT2D eigenvalue weighted by atomic mass is 9.72. The van der Waals surface area contributed by atoms with Gasteiger partial charge in [-0.3, -0.25) is 9.59 Å². The second-order valence-corrected chi connectivity index (χ2v) is 10.3. The largest absolute Gasteiger partial charge is 0.369 e. The van der Waals surface area contributed by atoms with Crippen molar-refractivity contribution < 1.29 is 18.4 Å². The fraction of sp³-hybridized carbons (Fsp3) is 0.407. The number of nitrogens with zero attached hydrogens (tertiary/aromatic N) is 3. The van der Waals surface area contributed by atoms with Crippen LogP contribution in [0.4, 0.5) is 8.78 Å². The molecule has 5 rings (SSSR count). The molecule has 4 N–H and O–H groups in total. The fourth-order valence-corrected chi connectivity index (χ4v) is 6.25. The van der Waals surface area contributed by atoms with Crippen molar-refractivity contribution in [3.63, 3.8) is 0 Å². The molecule has 7 nitrogen and oxygen atoms in total. The first-order chi connectivity index (χ1) is 17.0. The predicted octanol–water partition coefficient (Wildman–Crippen LogP) is 4.18. The van der Waals surface area contributed by atoms with Crippen LogP contribution in [-0.4, -0.2) is 32.5 Å². The number of pyridine rings is 1. The van der Waals surface area contributed by atoms with Gasteiger partial charge in [-0.25, -0.2) is 18.4 Å². The second-order valence-electron chi connectivity index (χ2n) is 10.3. The van der Waals surface area contributed by atoms with E-state index in [1.165, 1.54) is 6.92 Å². The zero-order valence-electron chi connectivity index (χ0n) is 20.5. The van der Waals surface area contributed by atoms with E-state index in [1.54, 1.807) is 35.0 Å². The number of nitrogens with two attached hydrogens (primary N) is 2. The highest BCUT2D eigenvalue weighted by molar-refractivity contribution is 5.91. The van der Waals surface area contributed by atoms with Crippen LogP contribution < -0.4 is 11.5 Å². The highest BCUT2D eigenvalue weighted by atomic mass is 19.3. The third kappa shape index (κ3) is 3.14. The number of fused-ring (bicyclic) bond motifs is 1. The Labute approximate surface area is 207 Å². The van der Waals surface area contributed by atoms with Crippen molar-refractivity contribution >= 4 is 11.8 Å². The van der Waals surface area contributed by atoms with Gasteiger partial charge in [-0.1, -0.05) is 50.6 Å². The number of benzene rings is 1. The summed E-state index contributed by atoms with van der Waals surface area (Å²) in [5, 5.41) is 4.63. The number of hydrogen-bond donors (Lipinski definition) is 2. The molecule has 0 saturated heterocycles. The third-order valence-corrected chi connectivity index (χ3v) is 8.18. The van der Waals surface area contributed by atoms with Crippen LogP contribution >= 0.6 is 0 Å². The summed E-state index contributed by atoms with van der Waals surface area (Å²) in [5.41, 5.74) is 12.2. The molecular formula is C27H29F2N5O2. The van der Waals surface area contributed by atoms with E-state index in [9.17, 15) is 18.4 Å². The zero-order valence-corrected chi connectivity index (χ0v) is 20.5. The Hall–Kier alpha value is -3.62. The molecule has 9 heteroatoms. The van der Waals surface area contributed by atoms with E-state index in [4.69, 9.17) is 11.5 Å². The van der Waals surface area contributed by atoms with Crippen molar-refractivity contribution in [3.8, 4) is 5.82 Å². The molecule has 2 aromatic heterocycles. The summed E-state index contributed by atoms with van der Waals surface area (Å²) in [6.07, 6.45) is 4.43. The molecule has 2 aliphatic rings. The molecule has 188 valence electrons. The van der Waals surface area contributed by atoms with Crippen LogP contribution in [0.5, 0.6) is 0 Å². The Morgan fingerprint density at radius 3 is 2.42 bits per heavy atom. The van der Waals surface area contributed by atoms with Gasteiger partial charge in [0.2, 0.25) is 5.91 Å². The smallest absolute Gasteiger partial charge is 0.270 e. The van der Waals surface area contributed by atoms with Crippen LogP contribution in [0.3, 0.4) is 0 Å². The van der Waals surface area contributed by atoms with Crippen molar-refractivity contribution in [1.82, 2.24) is 14.8 Å². The SMILES string of the molecule is CCCC1(c2ccc([C@H]3C(F)(F)[C@]3(C)C(N)=O)cc2)CC(C)c2c1cnn2-c1cccc(C(N)=O)n1. The molecule has 0 aliphatic heterocycles. The number of hydrogen-bond acceptors (Lipinski definition) is 4. The molecule has 1 aromatic carbocycles. The van der Waals surface area contributed by atoms with Crippen molar-refractivity contribution in [2.75, 3.05) is 0 Å². The van der Waals surface area contributed by atoms with E-state index < -0.39 is 29.1 Å². The first kappa shape index (κ1) is 24.1. The Kier molecular flexibility index (Phi) is 5.32. The summed E-state index contributed by atoms with van der Waals surface area (Å²) < 4.78 is 30.8. The van der Waals surface area contributed by atoms with E-state index >= 15 is 0 Å². The molecule has 4 atom stereocenters. The lowest BCUT2D eigenvalue weighted by Gasteiger charge is -2.30. The van der Waals surface area contributed by atoms with Crippen LogP contribution in [0.1, 0.15) is 84.7 Å². The minimum Gasteiger partial charge on any atom is -0.369 e. The van der Waals surface area contributed by atoms with Gasteiger partial charge in [0.05, 0.1) is 17.8 Å². The van der Waals surface area contributed by atoms with Crippen molar-refractivity contribution in [2.45, 2.75) is 63.2 Å². The standard InChI is InChI=1S/C27H29F2N5O2/c1-4-12-26(17-10-8-16(9-11-17)22-25(3,24(31)36)27(22,28)29)13-15(2)21-18(26)14-32-34(21)20-7-5-6-19(33-20)23(30)35/h5-11,14-15,22H,4,12-13H2,1-3H3,(H2,30,35)(H2,31,36)/t15?,22-,25+,26?/m1/s1. The van der Waals surface area contributed by atoms with Crippen molar-refractivity contribution in [3.05, 3.63) is 76.7 Å². The normalized spacial score (nSPS) is 28.0. The maximum atomic E-state index is 14.5. The first-order valence-corrected chi connectivity index (χ1v) is 12.1. The number of aromatic nitrogens is 3. The molecule has 3 aromatic rings. The summed E-state index contributed by atoms with van der Waals surface area (Å²) in [6, 6.07) is 12.3. The first-order valence-electron chi connectivity index (χ1n) is 12.1. The lowest BCUT2D eigenvalue weighted by molar-refractivity contribution is -0.125. The molecule has 2 heterocycles. The van der Waals surface area contributed by atoms with Gasteiger partial charge in [-0.05, 0) is 43.0 Å². The van der Waals surface area contributed by atoms with Crippen LogP contribution in [-0.2, 0) is 10.2 Å². The molecule has 2 unspecified atom stereocenters. The molecule has 0 bridgehead atoms. The molecule has 1 fully saturated rings. The van der Waals surface area contributed by atoms with Gasteiger partial charge in [0.15, 0.2) is 5.82 Å². The van der Waals surface area contributed by atoms with Crippen LogP contribution in [0.2, 0.25) is 0 Å². The van der Waals surface area contributed by atoms with Crippen LogP contribution in [0.15, 0.2) is 48.7 Å². The Balaban J connectivity index is 1.55. The molecule has 0 spiro atoms. The Morgan fingerprint density at radius 1 is 1.14 bits per heavy atom. The highest BCUT2D eigenvalue weighted by Gasteiger charge is 2.81. The van der Waals surface area contributed by atoms with Gasteiger partial charge in [-0.2, -0.15) is 5.10 Å². The summed E-state index contributed by atoms with van der Waals surface area (Å²) in [5.74, 6) is -5.32. The predicted molar refractivity (Wildman–Crippen MR) is 130 cm³/mol. The molecule has 2 amide bonds. The van der Waals surface area contributed by atoms with Gasteiger partial charge in [0.1, 0.15) is 11.1 Å². The number of carbonyl (C=O) groups excluding carboxylic acids is 2. The number of amides is 2. The van der Waals surface area contributed by atoms with Gasteiger partial charge in [0, 0.05) is 16.9 Å². The lowest BCUT2D eigenvalue weighted by Crippen LogP contribution is -2.27. The van der Waals surface area contributed by atoms with E-state index in [0.29, 0.717) is 11.4 Å². The number of alkyl halides is 2. The van der Waals surface area contributed by atoms with Crippen LogP contribution in [0.25, 0.3) is 5.82 Å². The minimum absolute atomic E-state index is 0.138. The fourth-order valence-electron chi connectivity index (χ4n) is 6.25. The highest BCUT2D eigenvalue weighted by Crippen LogP contribution is 2.71. The summed E-state index contributed by atoms with van der Waals surface area (Å²) >= 11 is 0. The van der Waals surface area contributed by atoms with E-state index in [1.807, 2.05) is 18.3 Å². The van der Waals surface area contributed by atoms with Gasteiger partial charge in [0.25, 0.3) is 11.8 Å². The van der Waals surface area contributed by atoms with E-state index in [-0.39, 0.29) is 17.0 Å². The maximum absolute atomic E-state index is 14.5. The van der Waals surface area contributed by atoms with Gasteiger partial charge < -0.3 is 11.5 Å². The van der Waals surface area contributed by atoms with Gasteiger partial charge >= 0.3 is 0 Å². The summed E-state index contributed by atoms with van der Waals surface area (Å²) in [7, 11) is 0. The average Bonchev–Trinajstić information content (AvgIpc) is 3.16. The maximum Gasteiger partial charge on any atom is 0.270 e. The minimum atomic E-state index is -3.16. The molecule has 36 heavy (non-hydrogen) atoms. The Morgan fingerprint density at radius 2 is 1.83 bits per heavy atom. The molecule has 1 saturated carbocycles. The summed E-state index contributed by atoms with van der Waals surface area (Å²) in [6.45, 7) is 5.47. The zero-order chi connectivity index (χ0) is 26.0. The quantitative estimate of drug-likeness (QED) is 0.513. The van der Waals surface area contributed by atoms with Crippen molar-refractivity contribution in [1.29, 1.82) is 0 Å². The number of carbonyl (C=O) groups is 2. The third-order valence-electron chi connectivity index (χ3n) is 8.18. The molecule has 0 radical (unpaired) electrons. The topological polar surface area (TPSA) is 117 Å². The van der Waals surface area contributed by atoms with E-state index in [2.05, 4.69) is 23.9 Å². The van der Waals surface area contributed by atoms with Crippen molar-refractivity contribution in [2.24, 2.45) is 16.9 Å². The molecule has 2 aliphatic carbocycles. The number of rotatable bonds is 7. The molecular weight excluding hydrogens is 464 g/mol. The van der Waals surface area contributed by atoms with Gasteiger partial charge in [-0.15, -0.1) is 0 Å². The number of primary amides is 2. The monoisotopic (exact) mass is 493 g/mol. The summed E-state index contributed by atoms with van der Waals surface area (Å²) in [4.78, 5) is 27.8. The number of halogens is 2. The van der Waals surface area contributed by atoms with Crippen LogP contribution in [0, 0.1) is 5.41 Å². The Bertz CT molecular complexity index is 1370. The average molecular weight is 494 g/mol.